The SMILES string of the molecule is Cc1ccc(CNC2(C(N)=O)CC2)s1. The summed E-state index contributed by atoms with van der Waals surface area (Å²) in [5.41, 5.74) is 4.91. The minimum Gasteiger partial charge on any atom is -0.368 e. The Morgan fingerprint density at radius 2 is 2.36 bits per heavy atom. The zero-order chi connectivity index (χ0) is 10.2. The number of rotatable bonds is 4. The molecule has 1 aromatic rings. The molecule has 76 valence electrons. The predicted octanol–water partition coefficient (Wildman–Crippen LogP) is 1.16. The summed E-state index contributed by atoms with van der Waals surface area (Å²) in [5, 5.41) is 3.24. The van der Waals surface area contributed by atoms with Crippen molar-refractivity contribution in [2.75, 3.05) is 0 Å². The molecule has 1 amide bonds. The van der Waals surface area contributed by atoms with Gasteiger partial charge in [-0.05, 0) is 31.9 Å². The number of hydrogen-bond donors (Lipinski definition) is 2. The van der Waals surface area contributed by atoms with Gasteiger partial charge in [0, 0.05) is 16.3 Å². The highest BCUT2D eigenvalue weighted by molar-refractivity contribution is 7.11. The van der Waals surface area contributed by atoms with Crippen LogP contribution in [0.2, 0.25) is 0 Å². The van der Waals surface area contributed by atoms with Gasteiger partial charge in [-0.3, -0.25) is 10.1 Å². The van der Waals surface area contributed by atoms with Gasteiger partial charge in [-0.2, -0.15) is 0 Å². The summed E-state index contributed by atoms with van der Waals surface area (Å²) in [6, 6.07) is 4.18. The van der Waals surface area contributed by atoms with Gasteiger partial charge in [-0.1, -0.05) is 0 Å². The Morgan fingerprint density at radius 1 is 1.64 bits per heavy atom. The fraction of sp³-hybridized carbons (Fsp3) is 0.500. The van der Waals surface area contributed by atoms with E-state index in [1.54, 1.807) is 11.3 Å². The van der Waals surface area contributed by atoms with Gasteiger partial charge in [0.15, 0.2) is 0 Å². The molecule has 0 radical (unpaired) electrons. The first-order chi connectivity index (χ1) is 6.62. The van der Waals surface area contributed by atoms with E-state index in [0.29, 0.717) is 0 Å². The summed E-state index contributed by atoms with van der Waals surface area (Å²) >= 11 is 1.75. The minimum atomic E-state index is -0.391. The Hall–Kier alpha value is -0.870. The molecule has 14 heavy (non-hydrogen) atoms. The molecule has 1 aliphatic rings. The van der Waals surface area contributed by atoms with Crippen molar-refractivity contribution in [2.45, 2.75) is 31.8 Å². The van der Waals surface area contributed by atoms with Crippen LogP contribution in [0.5, 0.6) is 0 Å². The number of carbonyl (C=O) groups excluding carboxylic acids is 1. The third-order valence-corrected chi connectivity index (χ3v) is 3.62. The fourth-order valence-corrected chi connectivity index (χ4v) is 2.30. The molecule has 3 nitrogen and oxygen atoms in total. The number of nitrogens with two attached hydrogens (primary N) is 1. The second-order valence-electron chi connectivity index (χ2n) is 3.81. The molecule has 0 saturated heterocycles. The molecule has 0 bridgehead atoms. The maximum atomic E-state index is 11.1. The number of carbonyl (C=O) groups is 1. The summed E-state index contributed by atoms with van der Waals surface area (Å²) in [7, 11) is 0. The topological polar surface area (TPSA) is 55.1 Å². The molecule has 1 aromatic heterocycles. The first-order valence-corrected chi connectivity index (χ1v) is 5.54. The van der Waals surface area contributed by atoms with Crippen LogP contribution in [0.25, 0.3) is 0 Å². The van der Waals surface area contributed by atoms with Gasteiger partial charge in [-0.25, -0.2) is 0 Å². The Balaban J connectivity index is 1.92. The molecule has 3 N–H and O–H groups in total. The van der Waals surface area contributed by atoms with Crippen LogP contribution in [-0.2, 0) is 11.3 Å². The van der Waals surface area contributed by atoms with E-state index in [4.69, 9.17) is 5.73 Å². The van der Waals surface area contributed by atoms with Crippen LogP contribution in [0.1, 0.15) is 22.6 Å². The molecular formula is C10H14N2OS. The summed E-state index contributed by atoms with van der Waals surface area (Å²) in [4.78, 5) is 13.6. The van der Waals surface area contributed by atoms with Crippen LogP contribution in [0, 0.1) is 6.92 Å². The zero-order valence-electron chi connectivity index (χ0n) is 8.17. The highest BCUT2D eigenvalue weighted by atomic mass is 32.1. The van der Waals surface area contributed by atoms with E-state index in [1.807, 2.05) is 0 Å². The van der Waals surface area contributed by atoms with E-state index < -0.39 is 5.54 Å². The van der Waals surface area contributed by atoms with Crippen molar-refractivity contribution in [3.05, 3.63) is 21.9 Å². The monoisotopic (exact) mass is 210 g/mol. The van der Waals surface area contributed by atoms with Crippen LogP contribution in [0.3, 0.4) is 0 Å². The molecule has 0 aliphatic heterocycles. The highest BCUT2D eigenvalue weighted by Gasteiger charge is 2.47. The summed E-state index contributed by atoms with van der Waals surface area (Å²) in [5.74, 6) is -0.217. The fourth-order valence-electron chi connectivity index (χ4n) is 1.47. The normalized spacial score (nSPS) is 18.1. The quantitative estimate of drug-likeness (QED) is 0.783. The van der Waals surface area contributed by atoms with E-state index in [9.17, 15) is 4.79 Å². The Kier molecular flexibility index (Phi) is 2.33. The number of thiophene rings is 1. The van der Waals surface area contributed by atoms with E-state index in [1.165, 1.54) is 9.75 Å². The molecule has 4 heteroatoms. The van der Waals surface area contributed by atoms with Gasteiger partial charge < -0.3 is 5.73 Å². The number of amides is 1. The van der Waals surface area contributed by atoms with E-state index in [2.05, 4.69) is 24.4 Å². The van der Waals surface area contributed by atoms with Crippen molar-refractivity contribution in [3.63, 3.8) is 0 Å². The Bertz CT molecular complexity index is 355. The first kappa shape index (κ1) is 9.68. The summed E-state index contributed by atoms with van der Waals surface area (Å²) in [6.07, 6.45) is 1.76. The van der Waals surface area contributed by atoms with Crippen LogP contribution in [0.15, 0.2) is 12.1 Å². The third-order valence-electron chi connectivity index (χ3n) is 2.62. The Labute approximate surface area is 87.3 Å². The second kappa shape index (κ2) is 3.37. The second-order valence-corrected chi connectivity index (χ2v) is 5.18. The van der Waals surface area contributed by atoms with Crippen molar-refractivity contribution in [1.29, 1.82) is 0 Å². The first-order valence-electron chi connectivity index (χ1n) is 4.73. The average Bonchev–Trinajstić information content (AvgIpc) is 2.82. The number of nitrogens with one attached hydrogen (secondary N) is 1. The molecule has 2 rings (SSSR count). The maximum Gasteiger partial charge on any atom is 0.237 e. The molecule has 0 spiro atoms. The minimum absolute atomic E-state index is 0.217. The lowest BCUT2D eigenvalue weighted by Crippen LogP contribution is -2.43. The van der Waals surface area contributed by atoms with Crippen LogP contribution in [0.4, 0.5) is 0 Å². The highest BCUT2D eigenvalue weighted by Crippen LogP contribution is 2.35. The largest absolute Gasteiger partial charge is 0.368 e. The number of primary amides is 1. The molecule has 1 saturated carbocycles. The lowest BCUT2D eigenvalue weighted by molar-refractivity contribution is -0.121. The van der Waals surface area contributed by atoms with Gasteiger partial charge in [0.05, 0.1) is 5.54 Å². The van der Waals surface area contributed by atoms with Crippen molar-refractivity contribution < 1.29 is 4.79 Å². The Morgan fingerprint density at radius 3 is 2.79 bits per heavy atom. The summed E-state index contributed by atoms with van der Waals surface area (Å²) < 4.78 is 0. The maximum absolute atomic E-state index is 11.1. The molecule has 0 aromatic carbocycles. The molecule has 0 atom stereocenters. The van der Waals surface area contributed by atoms with E-state index in [0.717, 1.165) is 19.4 Å². The van der Waals surface area contributed by atoms with Gasteiger partial charge in [0.25, 0.3) is 0 Å². The molecule has 0 unspecified atom stereocenters. The number of hydrogen-bond acceptors (Lipinski definition) is 3. The van der Waals surface area contributed by atoms with Gasteiger partial charge in [0.2, 0.25) is 5.91 Å². The van der Waals surface area contributed by atoms with Gasteiger partial charge >= 0.3 is 0 Å². The molecule has 1 heterocycles. The van der Waals surface area contributed by atoms with Crippen LogP contribution >= 0.6 is 11.3 Å². The molecule has 1 fully saturated rings. The van der Waals surface area contributed by atoms with Crippen molar-refractivity contribution in [1.82, 2.24) is 5.32 Å². The number of aryl methyl sites for hydroxylation is 1. The molecule has 1 aliphatic carbocycles. The predicted molar refractivity (Wildman–Crippen MR) is 57.1 cm³/mol. The van der Waals surface area contributed by atoms with Gasteiger partial charge in [0.1, 0.15) is 0 Å². The standard InChI is InChI=1S/C10H14N2OS/c1-7-2-3-8(14-7)6-12-10(4-5-10)9(11)13/h2-3,12H,4-6H2,1H3,(H2,11,13). The van der Waals surface area contributed by atoms with Crippen molar-refractivity contribution in [3.8, 4) is 0 Å². The third kappa shape index (κ3) is 1.81. The van der Waals surface area contributed by atoms with Gasteiger partial charge in [-0.15, -0.1) is 11.3 Å². The molecular weight excluding hydrogens is 196 g/mol. The van der Waals surface area contributed by atoms with Crippen molar-refractivity contribution in [2.24, 2.45) is 5.73 Å². The van der Waals surface area contributed by atoms with Crippen LogP contribution in [-0.4, -0.2) is 11.4 Å². The smallest absolute Gasteiger partial charge is 0.237 e. The lowest BCUT2D eigenvalue weighted by atomic mass is 10.2. The summed E-state index contributed by atoms with van der Waals surface area (Å²) in [6.45, 7) is 2.83. The van der Waals surface area contributed by atoms with E-state index in [-0.39, 0.29) is 5.91 Å². The zero-order valence-corrected chi connectivity index (χ0v) is 8.99. The lowest BCUT2D eigenvalue weighted by Gasteiger charge is -2.11. The van der Waals surface area contributed by atoms with Crippen molar-refractivity contribution >= 4 is 17.2 Å². The van der Waals surface area contributed by atoms with E-state index >= 15 is 0 Å². The van der Waals surface area contributed by atoms with Crippen LogP contribution < -0.4 is 11.1 Å². The average molecular weight is 210 g/mol.